The van der Waals surface area contributed by atoms with Crippen LogP contribution in [0, 0.1) is 0 Å². The van der Waals surface area contributed by atoms with Gasteiger partial charge in [-0.2, -0.15) is 0 Å². The van der Waals surface area contributed by atoms with Gasteiger partial charge in [-0.25, -0.2) is 4.98 Å². The second kappa shape index (κ2) is 4.40. The minimum atomic E-state index is 0.272. The smallest absolute Gasteiger partial charge is 0.172 e. The Labute approximate surface area is 92.8 Å². The van der Waals surface area contributed by atoms with E-state index in [1.165, 1.54) is 0 Å². The van der Waals surface area contributed by atoms with E-state index in [0.29, 0.717) is 0 Å². The number of nitrogens with zero attached hydrogens (tertiary/aromatic N) is 2. The summed E-state index contributed by atoms with van der Waals surface area (Å²) in [5.41, 5.74) is 0.769. The molecule has 0 aliphatic rings. The summed E-state index contributed by atoms with van der Waals surface area (Å²) in [6, 6.07) is 7.25. The number of phenols is 1. The van der Waals surface area contributed by atoms with Gasteiger partial charge >= 0.3 is 0 Å². The lowest BCUT2D eigenvalue weighted by molar-refractivity contribution is 0.471. The van der Waals surface area contributed by atoms with E-state index < -0.39 is 0 Å². The maximum Gasteiger partial charge on any atom is 0.172 e. The number of hydrogen-bond donors (Lipinski definition) is 1. The van der Waals surface area contributed by atoms with Crippen LogP contribution in [0.3, 0.4) is 0 Å². The highest BCUT2D eigenvalue weighted by molar-refractivity contribution is 7.99. The van der Waals surface area contributed by atoms with E-state index >= 15 is 0 Å². The molecule has 1 aromatic heterocycles. The molecule has 0 aliphatic heterocycles. The molecule has 0 radical (unpaired) electrons. The summed E-state index contributed by atoms with van der Waals surface area (Å²) in [5, 5.41) is 10.6. The predicted octanol–water partition coefficient (Wildman–Crippen LogP) is 2.69. The number of aromatic hydroxyl groups is 1. The lowest BCUT2D eigenvalue weighted by Crippen LogP contribution is -1.95. The van der Waals surface area contributed by atoms with Crippen LogP contribution in [-0.4, -0.2) is 20.4 Å². The Bertz CT molecular complexity index is 453. The van der Waals surface area contributed by atoms with Gasteiger partial charge in [-0.15, -0.1) is 0 Å². The second-order valence-corrected chi connectivity index (χ2v) is 4.23. The fourth-order valence-electron chi connectivity index (χ4n) is 1.38. The number of rotatable bonds is 3. The molecule has 78 valence electrons. The van der Waals surface area contributed by atoms with Gasteiger partial charge in [0.2, 0.25) is 0 Å². The summed E-state index contributed by atoms with van der Waals surface area (Å²) >= 11 is 1.65. The molecule has 0 bridgehead atoms. The molecule has 1 aromatic carbocycles. The molecule has 4 heteroatoms. The molecule has 1 N–H and O–H groups in total. The molecule has 0 spiro atoms. The Kier molecular flexibility index (Phi) is 2.97. The third-order valence-corrected chi connectivity index (χ3v) is 2.87. The topological polar surface area (TPSA) is 38.0 Å². The number of benzene rings is 1. The summed E-state index contributed by atoms with van der Waals surface area (Å²) in [5.74, 6) is 1.23. The monoisotopic (exact) mass is 220 g/mol. The van der Waals surface area contributed by atoms with Crippen molar-refractivity contribution in [3.05, 3.63) is 36.7 Å². The Morgan fingerprint density at radius 2 is 2.20 bits per heavy atom. The summed E-state index contributed by atoms with van der Waals surface area (Å²) < 4.78 is 1.89. The predicted molar refractivity (Wildman–Crippen MR) is 61.6 cm³/mol. The van der Waals surface area contributed by atoms with Crippen LogP contribution in [0.25, 0.3) is 5.69 Å². The molecule has 0 fully saturated rings. The zero-order chi connectivity index (χ0) is 10.7. The zero-order valence-electron chi connectivity index (χ0n) is 8.42. The van der Waals surface area contributed by atoms with Crippen molar-refractivity contribution in [2.75, 3.05) is 5.75 Å². The van der Waals surface area contributed by atoms with E-state index in [0.717, 1.165) is 16.6 Å². The maximum atomic E-state index is 9.72. The van der Waals surface area contributed by atoms with Crippen LogP contribution in [0.15, 0.2) is 41.8 Å². The Balaban J connectivity index is 2.45. The molecule has 0 saturated carbocycles. The quantitative estimate of drug-likeness (QED) is 0.808. The molecular formula is C11H12N2OS. The minimum Gasteiger partial charge on any atom is -0.506 e. The largest absolute Gasteiger partial charge is 0.506 e. The van der Waals surface area contributed by atoms with Crippen molar-refractivity contribution in [3.8, 4) is 11.4 Å². The SMILES string of the molecule is CCSc1nccn1-c1ccccc1O. The van der Waals surface area contributed by atoms with Crippen molar-refractivity contribution >= 4 is 11.8 Å². The van der Waals surface area contributed by atoms with Crippen molar-refractivity contribution in [2.24, 2.45) is 0 Å². The van der Waals surface area contributed by atoms with Crippen molar-refractivity contribution in [1.82, 2.24) is 9.55 Å². The van der Waals surface area contributed by atoms with Crippen molar-refractivity contribution in [2.45, 2.75) is 12.1 Å². The lowest BCUT2D eigenvalue weighted by Gasteiger charge is -2.07. The molecule has 15 heavy (non-hydrogen) atoms. The highest BCUT2D eigenvalue weighted by Crippen LogP contribution is 2.25. The van der Waals surface area contributed by atoms with E-state index in [2.05, 4.69) is 11.9 Å². The molecule has 0 unspecified atom stereocenters. The second-order valence-electron chi connectivity index (χ2n) is 3.00. The third kappa shape index (κ3) is 1.99. The third-order valence-electron chi connectivity index (χ3n) is 2.02. The van der Waals surface area contributed by atoms with E-state index in [-0.39, 0.29) is 5.75 Å². The molecule has 3 nitrogen and oxygen atoms in total. The van der Waals surface area contributed by atoms with Gasteiger partial charge in [0.25, 0.3) is 0 Å². The van der Waals surface area contributed by atoms with Gasteiger partial charge in [-0.05, 0) is 17.9 Å². The standard InChI is InChI=1S/C11H12N2OS/c1-2-15-11-12-7-8-13(11)9-5-3-4-6-10(9)14/h3-8,14H,2H2,1H3. The normalized spacial score (nSPS) is 10.5. The van der Waals surface area contributed by atoms with E-state index in [1.807, 2.05) is 29.0 Å². The highest BCUT2D eigenvalue weighted by Gasteiger charge is 2.07. The number of thioether (sulfide) groups is 1. The first kappa shape index (κ1) is 10.1. The molecule has 0 aliphatic carbocycles. The van der Waals surface area contributed by atoms with Crippen molar-refractivity contribution < 1.29 is 5.11 Å². The molecule has 2 rings (SSSR count). The highest BCUT2D eigenvalue weighted by atomic mass is 32.2. The number of hydrogen-bond acceptors (Lipinski definition) is 3. The number of phenolic OH excluding ortho intramolecular Hbond substituents is 1. The summed E-state index contributed by atoms with van der Waals surface area (Å²) in [7, 11) is 0. The van der Waals surface area contributed by atoms with Crippen LogP contribution < -0.4 is 0 Å². The molecule has 1 heterocycles. The first-order chi connectivity index (χ1) is 7.33. The van der Waals surface area contributed by atoms with Crippen LogP contribution in [-0.2, 0) is 0 Å². The zero-order valence-corrected chi connectivity index (χ0v) is 9.24. The maximum absolute atomic E-state index is 9.72. The minimum absolute atomic E-state index is 0.272. The van der Waals surface area contributed by atoms with E-state index in [9.17, 15) is 5.11 Å². The molecule has 0 atom stereocenters. The first-order valence-electron chi connectivity index (χ1n) is 4.77. The van der Waals surface area contributed by atoms with Crippen LogP contribution >= 0.6 is 11.8 Å². The van der Waals surface area contributed by atoms with Crippen LogP contribution in [0.1, 0.15) is 6.92 Å². The lowest BCUT2D eigenvalue weighted by atomic mass is 10.3. The molecular weight excluding hydrogens is 208 g/mol. The molecule has 2 aromatic rings. The van der Waals surface area contributed by atoms with Gasteiger partial charge in [0.15, 0.2) is 5.16 Å². The van der Waals surface area contributed by atoms with Gasteiger partial charge in [0.1, 0.15) is 5.75 Å². The first-order valence-corrected chi connectivity index (χ1v) is 5.76. The van der Waals surface area contributed by atoms with Crippen LogP contribution in [0.2, 0.25) is 0 Å². The number of aromatic nitrogens is 2. The van der Waals surface area contributed by atoms with E-state index in [1.54, 1.807) is 24.0 Å². The molecule has 0 saturated heterocycles. The van der Waals surface area contributed by atoms with Crippen LogP contribution in [0.5, 0.6) is 5.75 Å². The van der Waals surface area contributed by atoms with Crippen molar-refractivity contribution in [3.63, 3.8) is 0 Å². The van der Waals surface area contributed by atoms with Crippen molar-refractivity contribution in [1.29, 1.82) is 0 Å². The van der Waals surface area contributed by atoms with Crippen LogP contribution in [0.4, 0.5) is 0 Å². The average Bonchev–Trinajstić information content (AvgIpc) is 2.67. The Morgan fingerprint density at radius 1 is 1.40 bits per heavy atom. The van der Waals surface area contributed by atoms with Gasteiger partial charge in [0, 0.05) is 12.4 Å². The summed E-state index contributed by atoms with van der Waals surface area (Å²) in [4.78, 5) is 4.24. The number of para-hydroxylation sites is 2. The Hall–Kier alpha value is -1.42. The number of imidazole rings is 1. The van der Waals surface area contributed by atoms with E-state index in [4.69, 9.17) is 0 Å². The fraction of sp³-hybridized carbons (Fsp3) is 0.182. The molecule has 0 amide bonds. The Morgan fingerprint density at radius 3 is 2.93 bits per heavy atom. The van der Waals surface area contributed by atoms with Gasteiger partial charge in [0.05, 0.1) is 5.69 Å². The summed E-state index contributed by atoms with van der Waals surface area (Å²) in [6.45, 7) is 2.08. The fourth-order valence-corrected chi connectivity index (χ4v) is 2.07. The summed E-state index contributed by atoms with van der Waals surface area (Å²) in [6.07, 6.45) is 3.59. The average molecular weight is 220 g/mol. The van der Waals surface area contributed by atoms with Gasteiger partial charge < -0.3 is 5.11 Å². The van der Waals surface area contributed by atoms with Gasteiger partial charge in [-0.3, -0.25) is 4.57 Å². The van der Waals surface area contributed by atoms with Gasteiger partial charge in [-0.1, -0.05) is 30.8 Å².